The molecule has 0 radical (unpaired) electrons. The minimum atomic E-state index is 0.663. The molecule has 1 aliphatic heterocycles. The Balaban J connectivity index is 1.44. The summed E-state index contributed by atoms with van der Waals surface area (Å²) in [6.45, 7) is 6.78. The van der Waals surface area contributed by atoms with Crippen LogP contribution in [0.2, 0.25) is 0 Å². The predicted octanol–water partition coefficient (Wildman–Crippen LogP) is 3.48. The summed E-state index contributed by atoms with van der Waals surface area (Å²) in [6, 6.07) is 8.54. The third kappa shape index (κ3) is 4.65. The fourth-order valence-electron chi connectivity index (χ4n) is 2.59. The number of thioether (sulfide) groups is 1. The van der Waals surface area contributed by atoms with Gasteiger partial charge in [-0.05, 0) is 38.0 Å². The highest BCUT2D eigenvalue weighted by molar-refractivity contribution is 8.00. The van der Waals surface area contributed by atoms with Crippen LogP contribution in [0.15, 0.2) is 24.3 Å². The molecule has 0 aliphatic carbocycles. The molecule has 1 unspecified atom stereocenters. The second kappa shape index (κ2) is 8.23. The molecule has 24 heavy (non-hydrogen) atoms. The number of nitrogens with zero attached hydrogens (tertiary/aromatic N) is 2. The van der Waals surface area contributed by atoms with Gasteiger partial charge in [-0.25, -0.2) is 4.98 Å². The number of hydrogen-bond donors (Lipinski definition) is 1. The summed E-state index contributed by atoms with van der Waals surface area (Å²) in [7, 11) is 2.07. The summed E-state index contributed by atoms with van der Waals surface area (Å²) in [5.41, 5.74) is 2.50. The number of nitrogens with one attached hydrogen (secondary N) is 1. The molecule has 0 amide bonds. The fourth-order valence-corrected chi connectivity index (χ4v) is 4.50. The van der Waals surface area contributed by atoms with E-state index >= 15 is 0 Å². The van der Waals surface area contributed by atoms with Crippen molar-refractivity contribution in [1.29, 1.82) is 0 Å². The van der Waals surface area contributed by atoms with Crippen molar-refractivity contribution in [1.82, 2.24) is 10.3 Å². The molecule has 2 heterocycles. The predicted molar refractivity (Wildman–Crippen MR) is 105 cm³/mol. The van der Waals surface area contributed by atoms with Crippen LogP contribution in [-0.4, -0.2) is 42.9 Å². The summed E-state index contributed by atoms with van der Waals surface area (Å²) in [4.78, 5) is 8.02. The van der Waals surface area contributed by atoms with Gasteiger partial charge < -0.3 is 15.0 Å². The smallest absolute Gasteiger partial charge is 0.185 e. The van der Waals surface area contributed by atoms with Crippen LogP contribution in [0, 0.1) is 13.8 Å². The van der Waals surface area contributed by atoms with Crippen molar-refractivity contribution in [3.05, 3.63) is 40.4 Å². The quantitative estimate of drug-likeness (QED) is 0.815. The largest absolute Gasteiger partial charge is 0.492 e. The minimum Gasteiger partial charge on any atom is -0.492 e. The molecule has 6 heteroatoms. The number of hydrogen-bond acceptors (Lipinski definition) is 6. The summed E-state index contributed by atoms with van der Waals surface area (Å²) < 4.78 is 5.88. The number of thiazole rings is 1. The zero-order valence-corrected chi connectivity index (χ0v) is 16.2. The number of ether oxygens (including phenoxy) is 1. The fraction of sp³-hybridized carbons (Fsp3) is 0.500. The van der Waals surface area contributed by atoms with Gasteiger partial charge in [0.15, 0.2) is 5.13 Å². The van der Waals surface area contributed by atoms with Crippen molar-refractivity contribution in [2.45, 2.75) is 25.5 Å². The summed E-state index contributed by atoms with van der Waals surface area (Å²) in [6.07, 6.45) is 1.13. The number of likely N-dealkylation sites (N-methyl/N-ethyl adjacent to an activating group) is 1. The van der Waals surface area contributed by atoms with Gasteiger partial charge in [-0.3, -0.25) is 0 Å². The zero-order chi connectivity index (χ0) is 16.9. The molecule has 4 nitrogen and oxygen atoms in total. The van der Waals surface area contributed by atoms with Gasteiger partial charge in [0.05, 0.1) is 12.2 Å². The number of aryl methyl sites for hydroxylation is 2. The van der Waals surface area contributed by atoms with Crippen LogP contribution < -0.4 is 15.0 Å². The average Bonchev–Trinajstić information content (AvgIpc) is 3.19. The summed E-state index contributed by atoms with van der Waals surface area (Å²) in [5.74, 6) is 2.02. The van der Waals surface area contributed by atoms with E-state index in [1.807, 2.05) is 11.8 Å². The summed E-state index contributed by atoms with van der Waals surface area (Å²) >= 11 is 3.74. The van der Waals surface area contributed by atoms with Gasteiger partial charge >= 0.3 is 0 Å². The van der Waals surface area contributed by atoms with Gasteiger partial charge in [-0.15, -0.1) is 23.1 Å². The van der Waals surface area contributed by atoms with Gasteiger partial charge in [0.1, 0.15) is 12.4 Å². The van der Waals surface area contributed by atoms with Crippen LogP contribution in [0.3, 0.4) is 0 Å². The van der Waals surface area contributed by atoms with Gasteiger partial charge in [-0.1, -0.05) is 12.1 Å². The third-order valence-corrected chi connectivity index (χ3v) is 6.58. The lowest BCUT2D eigenvalue weighted by Crippen LogP contribution is -2.23. The first kappa shape index (κ1) is 17.6. The monoisotopic (exact) mass is 363 g/mol. The van der Waals surface area contributed by atoms with E-state index in [1.165, 1.54) is 10.4 Å². The average molecular weight is 364 g/mol. The van der Waals surface area contributed by atoms with E-state index in [4.69, 9.17) is 4.74 Å². The molecule has 1 fully saturated rings. The van der Waals surface area contributed by atoms with Gasteiger partial charge in [0, 0.05) is 29.6 Å². The van der Waals surface area contributed by atoms with E-state index in [2.05, 4.69) is 60.4 Å². The van der Waals surface area contributed by atoms with Crippen LogP contribution in [0.25, 0.3) is 0 Å². The molecular weight excluding hydrogens is 338 g/mol. The molecule has 1 N–H and O–H groups in total. The Labute approximate surface area is 152 Å². The Kier molecular flexibility index (Phi) is 6.03. The Morgan fingerprint density at radius 1 is 1.29 bits per heavy atom. The van der Waals surface area contributed by atoms with E-state index in [0.717, 1.165) is 42.0 Å². The molecule has 2 aromatic rings. The van der Waals surface area contributed by atoms with Gasteiger partial charge in [-0.2, -0.15) is 0 Å². The maximum atomic E-state index is 5.88. The van der Waals surface area contributed by atoms with Crippen LogP contribution >= 0.6 is 23.1 Å². The maximum Gasteiger partial charge on any atom is 0.185 e. The van der Waals surface area contributed by atoms with Crippen molar-refractivity contribution < 1.29 is 4.74 Å². The molecular formula is C18H25N3OS2. The van der Waals surface area contributed by atoms with Gasteiger partial charge in [0.25, 0.3) is 0 Å². The van der Waals surface area contributed by atoms with Crippen molar-refractivity contribution in [2.75, 3.05) is 37.5 Å². The minimum absolute atomic E-state index is 0.663. The molecule has 0 bridgehead atoms. The first-order chi connectivity index (χ1) is 11.6. The maximum absolute atomic E-state index is 5.88. The van der Waals surface area contributed by atoms with Crippen molar-refractivity contribution in [2.24, 2.45) is 0 Å². The SMILES string of the molecule is Cc1nc(N(C)CCOc2ccc(CC3CNCS3)cc2)sc1C. The first-order valence-electron chi connectivity index (χ1n) is 8.31. The molecule has 1 atom stereocenters. The lowest BCUT2D eigenvalue weighted by atomic mass is 10.1. The molecule has 0 saturated carbocycles. The Hall–Kier alpha value is -1.24. The van der Waals surface area contributed by atoms with E-state index in [-0.39, 0.29) is 0 Å². The molecule has 130 valence electrons. The zero-order valence-electron chi connectivity index (χ0n) is 14.5. The molecule has 1 aromatic heterocycles. The van der Waals surface area contributed by atoms with Crippen molar-refractivity contribution >= 4 is 28.2 Å². The number of rotatable bonds is 7. The van der Waals surface area contributed by atoms with E-state index in [1.54, 1.807) is 11.3 Å². The lowest BCUT2D eigenvalue weighted by Gasteiger charge is -2.16. The molecule has 0 spiro atoms. The highest BCUT2D eigenvalue weighted by Crippen LogP contribution is 2.24. The number of anilines is 1. The van der Waals surface area contributed by atoms with Crippen LogP contribution in [0.5, 0.6) is 5.75 Å². The van der Waals surface area contributed by atoms with E-state index in [9.17, 15) is 0 Å². The molecule has 1 aliphatic rings. The number of aromatic nitrogens is 1. The highest BCUT2D eigenvalue weighted by atomic mass is 32.2. The Morgan fingerprint density at radius 2 is 2.08 bits per heavy atom. The topological polar surface area (TPSA) is 37.4 Å². The summed E-state index contributed by atoms with van der Waals surface area (Å²) in [5, 5.41) is 5.16. The third-order valence-electron chi connectivity index (χ3n) is 4.22. The van der Waals surface area contributed by atoms with Crippen LogP contribution in [-0.2, 0) is 6.42 Å². The van der Waals surface area contributed by atoms with Crippen molar-refractivity contribution in [3.63, 3.8) is 0 Å². The Bertz CT molecular complexity index is 631. The van der Waals surface area contributed by atoms with Crippen LogP contribution in [0.1, 0.15) is 16.1 Å². The van der Waals surface area contributed by atoms with Gasteiger partial charge in [0.2, 0.25) is 0 Å². The molecule has 1 aromatic carbocycles. The Morgan fingerprint density at radius 3 is 2.71 bits per heavy atom. The van der Waals surface area contributed by atoms with E-state index in [0.29, 0.717) is 11.9 Å². The second-order valence-electron chi connectivity index (χ2n) is 6.14. The first-order valence-corrected chi connectivity index (χ1v) is 10.2. The standard InChI is InChI=1S/C18H25N3OS2/c1-13-14(2)24-18(20-13)21(3)8-9-22-16-6-4-15(5-7-16)10-17-11-19-12-23-17/h4-7,17,19H,8-12H2,1-3H3. The second-order valence-corrected chi connectivity index (χ2v) is 8.61. The van der Waals surface area contributed by atoms with E-state index < -0.39 is 0 Å². The normalized spacial score (nSPS) is 17.2. The molecule has 1 saturated heterocycles. The number of benzene rings is 1. The van der Waals surface area contributed by atoms with Crippen molar-refractivity contribution in [3.8, 4) is 5.75 Å². The van der Waals surface area contributed by atoms with Crippen LogP contribution in [0.4, 0.5) is 5.13 Å². The lowest BCUT2D eigenvalue weighted by molar-refractivity contribution is 0.326. The molecule has 3 rings (SSSR count). The highest BCUT2D eigenvalue weighted by Gasteiger charge is 2.15.